The van der Waals surface area contributed by atoms with Crippen molar-refractivity contribution in [3.63, 3.8) is 0 Å². The predicted molar refractivity (Wildman–Crippen MR) is 116 cm³/mol. The first-order chi connectivity index (χ1) is 14.8. The van der Waals surface area contributed by atoms with Crippen LogP contribution in [0.5, 0.6) is 11.5 Å². The number of hydrogen-bond donors (Lipinski definition) is 1. The highest BCUT2D eigenvalue weighted by atomic mass is 16.5. The first-order valence-electron chi connectivity index (χ1n) is 9.91. The summed E-state index contributed by atoms with van der Waals surface area (Å²) in [6.07, 6.45) is 0. The second-order valence-electron chi connectivity index (χ2n) is 7.39. The number of hydrogen-bond acceptors (Lipinski definition) is 6. The van der Waals surface area contributed by atoms with Crippen molar-refractivity contribution in [2.24, 2.45) is 0 Å². The van der Waals surface area contributed by atoms with Crippen molar-refractivity contribution in [1.82, 2.24) is 4.90 Å². The van der Waals surface area contributed by atoms with E-state index in [9.17, 15) is 14.7 Å². The monoisotopic (exact) mass is 425 g/mol. The van der Waals surface area contributed by atoms with Crippen LogP contribution in [0.2, 0.25) is 0 Å². The number of aryl methyl sites for hydroxylation is 2. The van der Waals surface area contributed by atoms with Crippen LogP contribution in [-0.2, 0) is 14.3 Å². The van der Waals surface area contributed by atoms with E-state index in [0.29, 0.717) is 22.6 Å². The number of ketones is 1. The number of ether oxygens (including phenoxy) is 3. The maximum absolute atomic E-state index is 13.1. The summed E-state index contributed by atoms with van der Waals surface area (Å²) in [5.74, 6) is -0.776. The number of aliphatic hydroxyl groups excluding tert-OH is 1. The molecule has 7 heteroatoms. The van der Waals surface area contributed by atoms with Gasteiger partial charge >= 0.3 is 0 Å². The quantitative estimate of drug-likeness (QED) is 0.416. The Kier molecular flexibility index (Phi) is 6.65. The molecule has 31 heavy (non-hydrogen) atoms. The molecule has 7 nitrogen and oxygen atoms in total. The molecule has 2 aromatic carbocycles. The second kappa shape index (κ2) is 9.22. The molecule has 1 amide bonds. The van der Waals surface area contributed by atoms with Gasteiger partial charge in [0.15, 0.2) is 0 Å². The Labute approximate surface area is 181 Å². The summed E-state index contributed by atoms with van der Waals surface area (Å²) < 4.78 is 16.1. The number of rotatable bonds is 7. The molecule has 1 fully saturated rings. The van der Waals surface area contributed by atoms with E-state index < -0.39 is 17.7 Å². The fraction of sp³-hybridized carbons (Fsp3) is 0.333. The van der Waals surface area contributed by atoms with Crippen LogP contribution in [0.25, 0.3) is 5.76 Å². The highest BCUT2D eigenvalue weighted by Gasteiger charge is 2.47. The molecule has 1 unspecified atom stereocenters. The van der Waals surface area contributed by atoms with Crippen molar-refractivity contribution in [3.8, 4) is 11.5 Å². The van der Waals surface area contributed by atoms with E-state index >= 15 is 0 Å². The molecule has 0 aliphatic carbocycles. The number of likely N-dealkylation sites (tertiary alicyclic amines) is 1. The minimum Gasteiger partial charge on any atom is -0.507 e. The summed E-state index contributed by atoms with van der Waals surface area (Å²) in [7, 11) is 4.55. The predicted octanol–water partition coefficient (Wildman–Crippen LogP) is 3.39. The Bertz CT molecular complexity index is 1040. The normalized spacial score (nSPS) is 17.8. The van der Waals surface area contributed by atoms with Gasteiger partial charge < -0.3 is 24.2 Å². The fourth-order valence-corrected chi connectivity index (χ4v) is 4.06. The molecule has 0 spiro atoms. The summed E-state index contributed by atoms with van der Waals surface area (Å²) >= 11 is 0. The Morgan fingerprint density at radius 3 is 2.42 bits per heavy atom. The van der Waals surface area contributed by atoms with E-state index in [0.717, 1.165) is 11.1 Å². The topological polar surface area (TPSA) is 85.3 Å². The molecule has 1 aliphatic rings. The van der Waals surface area contributed by atoms with Crippen LogP contribution in [0.1, 0.15) is 28.3 Å². The van der Waals surface area contributed by atoms with Crippen LogP contribution in [0.15, 0.2) is 42.0 Å². The lowest BCUT2D eigenvalue weighted by atomic mass is 9.93. The number of nitrogens with zero attached hydrogens (tertiary/aromatic N) is 1. The lowest BCUT2D eigenvalue weighted by Crippen LogP contribution is -2.32. The zero-order valence-corrected chi connectivity index (χ0v) is 18.4. The van der Waals surface area contributed by atoms with Gasteiger partial charge in [-0.1, -0.05) is 24.3 Å². The first kappa shape index (κ1) is 22.4. The highest BCUT2D eigenvalue weighted by molar-refractivity contribution is 6.46. The Morgan fingerprint density at radius 2 is 1.77 bits per heavy atom. The smallest absolute Gasteiger partial charge is 0.295 e. The zero-order chi connectivity index (χ0) is 22.7. The molecule has 0 radical (unpaired) electrons. The SMILES string of the molecule is COCCN1C(=O)C(=O)/C(=C(/O)c2cc(C)cc(C)c2OC)C1c1ccccc1OC. The minimum absolute atomic E-state index is 0.00565. The summed E-state index contributed by atoms with van der Waals surface area (Å²) in [5.41, 5.74) is 2.66. The van der Waals surface area contributed by atoms with Crippen LogP contribution in [0, 0.1) is 13.8 Å². The van der Waals surface area contributed by atoms with Gasteiger partial charge in [-0.3, -0.25) is 9.59 Å². The van der Waals surface area contributed by atoms with Gasteiger partial charge in [-0.15, -0.1) is 0 Å². The molecule has 2 aromatic rings. The average molecular weight is 425 g/mol. The van der Waals surface area contributed by atoms with Crippen molar-refractivity contribution >= 4 is 17.4 Å². The number of aliphatic hydroxyl groups is 1. The highest BCUT2D eigenvalue weighted by Crippen LogP contribution is 2.44. The maximum atomic E-state index is 13.1. The number of amides is 1. The lowest BCUT2D eigenvalue weighted by Gasteiger charge is -2.26. The van der Waals surface area contributed by atoms with Crippen molar-refractivity contribution in [1.29, 1.82) is 0 Å². The van der Waals surface area contributed by atoms with Gasteiger partial charge in [0.1, 0.15) is 17.3 Å². The van der Waals surface area contributed by atoms with Gasteiger partial charge in [0.2, 0.25) is 0 Å². The van der Waals surface area contributed by atoms with Gasteiger partial charge in [-0.2, -0.15) is 0 Å². The van der Waals surface area contributed by atoms with Crippen molar-refractivity contribution in [2.75, 3.05) is 34.5 Å². The average Bonchev–Trinajstić information content (AvgIpc) is 3.01. The minimum atomic E-state index is -0.822. The molecule has 1 heterocycles. The molecule has 3 rings (SSSR count). The summed E-state index contributed by atoms with van der Waals surface area (Å²) in [6.45, 7) is 4.17. The van der Waals surface area contributed by atoms with E-state index in [-0.39, 0.29) is 24.5 Å². The second-order valence-corrected chi connectivity index (χ2v) is 7.39. The molecule has 1 aliphatic heterocycles. The van der Waals surface area contributed by atoms with E-state index in [1.807, 2.05) is 19.9 Å². The van der Waals surface area contributed by atoms with Gasteiger partial charge in [0.25, 0.3) is 11.7 Å². The molecule has 1 saturated heterocycles. The largest absolute Gasteiger partial charge is 0.507 e. The molecule has 164 valence electrons. The fourth-order valence-electron chi connectivity index (χ4n) is 4.06. The van der Waals surface area contributed by atoms with Crippen LogP contribution in [-0.4, -0.2) is 56.2 Å². The number of carbonyl (C=O) groups is 2. The third kappa shape index (κ3) is 4.01. The number of benzene rings is 2. The molecule has 0 aromatic heterocycles. The summed E-state index contributed by atoms with van der Waals surface area (Å²) in [4.78, 5) is 27.5. The van der Waals surface area contributed by atoms with Crippen molar-refractivity contribution in [2.45, 2.75) is 19.9 Å². The van der Waals surface area contributed by atoms with Crippen LogP contribution in [0.3, 0.4) is 0 Å². The van der Waals surface area contributed by atoms with Crippen LogP contribution < -0.4 is 9.47 Å². The molecule has 0 saturated carbocycles. The molecule has 1 N–H and O–H groups in total. The standard InChI is InChI=1S/C24H27NO6/c1-14-12-15(2)23(31-5)17(13-14)21(26)19-20(16-8-6-7-9-18(16)30-4)25(10-11-29-3)24(28)22(19)27/h6-9,12-13,20,26H,10-11H2,1-5H3/b21-19+. The number of methoxy groups -OCH3 is 3. The first-order valence-corrected chi connectivity index (χ1v) is 9.91. The maximum Gasteiger partial charge on any atom is 0.295 e. The third-order valence-electron chi connectivity index (χ3n) is 5.39. The van der Waals surface area contributed by atoms with Gasteiger partial charge in [-0.05, 0) is 37.1 Å². The van der Waals surface area contributed by atoms with Crippen LogP contribution in [0.4, 0.5) is 0 Å². The van der Waals surface area contributed by atoms with Gasteiger partial charge in [0, 0.05) is 19.2 Å². The Hall–Kier alpha value is -3.32. The number of para-hydroxylation sites is 1. The molecular weight excluding hydrogens is 398 g/mol. The van der Waals surface area contributed by atoms with Crippen molar-refractivity contribution < 1.29 is 28.9 Å². The van der Waals surface area contributed by atoms with Crippen molar-refractivity contribution in [3.05, 3.63) is 64.2 Å². The van der Waals surface area contributed by atoms with E-state index in [2.05, 4.69) is 0 Å². The van der Waals surface area contributed by atoms with E-state index in [4.69, 9.17) is 14.2 Å². The molecule has 0 bridgehead atoms. The summed E-state index contributed by atoms with van der Waals surface area (Å²) in [5, 5.41) is 11.3. The zero-order valence-electron chi connectivity index (χ0n) is 18.4. The van der Waals surface area contributed by atoms with E-state index in [1.54, 1.807) is 30.3 Å². The molecular formula is C24H27NO6. The summed E-state index contributed by atoms with van der Waals surface area (Å²) in [6, 6.07) is 9.97. The Balaban J connectivity index is 2.30. The molecule has 1 atom stereocenters. The van der Waals surface area contributed by atoms with E-state index in [1.165, 1.54) is 26.2 Å². The van der Waals surface area contributed by atoms with Gasteiger partial charge in [-0.25, -0.2) is 0 Å². The van der Waals surface area contributed by atoms with Crippen LogP contribution >= 0.6 is 0 Å². The lowest BCUT2D eigenvalue weighted by molar-refractivity contribution is -0.140. The van der Waals surface area contributed by atoms with Gasteiger partial charge in [0.05, 0.1) is 38.0 Å². The number of Topliss-reactive ketones (excluding diaryl/α,β-unsaturated/α-hetero) is 1. The Morgan fingerprint density at radius 1 is 1.06 bits per heavy atom. The third-order valence-corrected chi connectivity index (χ3v) is 5.39. The number of carbonyl (C=O) groups excluding carboxylic acids is 2.